The summed E-state index contributed by atoms with van der Waals surface area (Å²) in [6.07, 6.45) is 6.07. The summed E-state index contributed by atoms with van der Waals surface area (Å²) in [6.45, 7) is 0.506. The van der Waals surface area contributed by atoms with Gasteiger partial charge in [-0.2, -0.15) is 5.26 Å². The number of nitrogens with zero attached hydrogens (tertiary/aromatic N) is 2. The molecule has 0 amide bonds. The molecular formula is C15H18N2O. The molecule has 0 aromatic heterocycles. The van der Waals surface area contributed by atoms with E-state index in [-0.39, 0.29) is 5.92 Å². The van der Waals surface area contributed by atoms with Crippen LogP contribution in [-0.4, -0.2) is 6.21 Å². The molecule has 18 heavy (non-hydrogen) atoms. The van der Waals surface area contributed by atoms with Gasteiger partial charge in [-0.1, -0.05) is 41.9 Å². The van der Waals surface area contributed by atoms with Crippen molar-refractivity contribution >= 4 is 6.21 Å². The molecule has 0 aliphatic heterocycles. The molecule has 0 bridgehead atoms. The van der Waals surface area contributed by atoms with Crippen LogP contribution in [0.4, 0.5) is 0 Å². The lowest BCUT2D eigenvalue weighted by Gasteiger charge is -2.21. The number of hydrogen-bond donors (Lipinski definition) is 0. The van der Waals surface area contributed by atoms with Gasteiger partial charge < -0.3 is 4.84 Å². The average Bonchev–Trinajstić information content (AvgIpc) is 2.45. The van der Waals surface area contributed by atoms with Crippen LogP contribution in [0.3, 0.4) is 0 Å². The summed E-state index contributed by atoms with van der Waals surface area (Å²) < 4.78 is 0. The largest absolute Gasteiger partial charge is 0.391 e. The first-order valence-corrected chi connectivity index (χ1v) is 6.47. The Morgan fingerprint density at radius 1 is 1.33 bits per heavy atom. The quantitative estimate of drug-likeness (QED) is 0.599. The first-order chi connectivity index (χ1) is 8.88. The molecule has 94 valence electrons. The van der Waals surface area contributed by atoms with Crippen molar-refractivity contribution in [3.63, 3.8) is 0 Å². The molecule has 0 radical (unpaired) electrons. The van der Waals surface area contributed by atoms with Gasteiger partial charge in [0, 0.05) is 12.1 Å². The standard InChI is InChI=1S/C15H18N2O/c16-10-14-7-4-8-15(9-14)11-17-18-12-13-5-2-1-3-6-13/h1-3,5-6,11,14-15H,4,7-9,12H2/b17-11+. The van der Waals surface area contributed by atoms with Gasteiger partial charge >= 0.3 is 0 Å². The fourth-order valence-electron chi connectivity index (χ4n) is 2.30. The van der Waals surface area contributed by atoms with Crippen LogP contribution in [0.15, 0.2) is 35.5 Å². The van der Waals surface area contributed by atoms with Crippen LogP contribution in [0.2, 0.25) is 0 Å². The van der Waals surface area contributed by atoms with Gasteiger partial charge in [0.2, 0.25) is 0 Å². The highest BCUT2D eigenvalue weighted by molar-refractivity contribution is 5.60. The molecule has 2 unspecified atom stereocenters. The van der Waals surface area contributed by atoms with Gasteiger partial charge in [-0.3, -0.25) is 0 Å². The maximum absolute atomic E-state index is 8.90. The third-order valence-electron chi connectivity index (χ3n) is 3.32. The second-order valence-corrected chi connectivity index (χ2v) is 4.77. The molecular weight excluding hydrogens is 224 g/mol. The highest BCUT2D eigenvalue weighted by Gasteiger charge is 2.20. The SMILES string of the molecule is N#CC1CCCC(/C=N/OCc2ccccc2)C1. The zero-order valence-corrected chi connectivity index (χ0v) is 10.5. The Morgan fingerprint density at radius 2 is 2.17 bits per heavy atom. The van der Waals surface area contributed by atoms with Crippen molar-refractivity contribution in [3.05, 3.63) is 35.9 Å². The van der Waals surface area contributed by atoms with Crippen molar-refractivity contribution in [1.82, 2.24) is 0 Å². The molecule has 0 saturated heterocycles. The van der Waals surface area contributed by atoms with Gasteiger partial charge in [0.1, 0.15) is 6.61 Å². The lowest BCUT2D eigenvalue weighted by Crippen LogP contribution is -2.15. The Labute approximate surface area is 108 Å². The van der Waals surface area contributed by atoms with Crippen LogP contribution in [0.1, 0.15) is 31.2 Å². The van der Waals surface area contributed by atoms with E-state index in [1.165, 1.54) is 0 Å². The van der Waals surface area contributed by atoms with E-state index in [0.717, 1.165) is 31.2 Å². The summed E-state index contributed by atoms with van der Waals surface area (Å²) in [5.74, 6) is 0.600. The van der Waals surface area contributed by atoms with E-state index in [1.54, 1.807) is 0 Å². The molecule has 1 aromatic carbocycles. The summed E-state index contributed by atoms with van der Waals surface area (Å²) in [6, 6.07) is 12.3. The molecule has 1 saturated carbocycles. The van der Waals surface area contributed by atoms with Gasteiger partial charge in [0.25, 0.3) is 0 Å². The van der Waals surface area contributed by atoms with Crippen LogP contribution < -0.4 is 0 Å². The fraction of sp³-hybridized carbons (Fsp3) is 0.467. The Balaban J connectivity index is 1.73. The lowest BCUT2D eigenvalue weighted by molar-refractivity contribution is 0.130. The topological polar surface area (TPSA) is 45.4 Å². The van der Waals surface area contributed by atoms with Crippen LogP contribution >= 0.6 is 0 Å². The average molecular weight is 242 g/mol. The van der Waals surface area contributed by atoms with Crippen LogP contribution in [0.5, 0.6) is 0 Å². The van der Waals surface area contributed by atoms with E-state index < -0.39 is 0 Å². The summed E-state index contributed by atoms with van der Waals surface area (Å²) >= 11 is 0. The van der Waals surface area contributed by atoms with E-state index in [0.29, 0.717) is 12.5 Å². The van der Waals surface area contributed by atoms with E-state index in [9.17, 15) is 0 Å². The van der Waals surface area contributed by atoms with Crippen LogP contribution in [-0.2, 0) is 11.4 Å². The molecule has 3 heteroatoms. The Morgan fingerprint density at radius 3 is 2.94 bits per heavy atom. The summed E-state index contributed by atoms with van der Waals surface area (Å²) in [7, 11) is 0. The van der Waals surface area contributed by atoms with Gasteiger partial charge in [0.15, 0.2) is 0 Å². The monoisotopic (exact) mass is 242 g/mol. The maximum atomic E-state index is 8.90. The highest BCUT2D eigenvalue weighted by Crippen LogP contribution is 2.27. The molecule has 0 spiro atoms. The van der Waals surface area contributed by atoms with E-state index in [1.807, 2.05) is 36.5 Å². The number of nitriles is 1. The molecule has 1 fully saturated rings. The molecule has 3 nitrogen and oxygen atoms in total. The van der Waals surface area contributed by atoms with Gasteiger partial charge in [-0.15, -0.1) is 0 Å². The minimum atomic E-state index is 0.198. The van der Waals surface area contributed by atoms with E-state index in [4.69, 9.17) is 10.1 Å². The normalized spacial score (nSPS) is 23.7. The van der Waals surface area contributed by atoms with E-state index in [2.05, 4.69) is 11.2 Å². The zero-order chi connectivity index (χ0) is 12.6. The van der Waals surface area contributed by atoms with Gasteiger partial charge in [0.05, 0.1) is 6.07 Å². The number of benzene rings is 1. The molecule has 0 N–H and O–H groups in total. The summed E-state index contributed by atoms with van der Waals surface area (Å²) in [5.41, 5.74) is 1.12. The molecule has 2 atom stereocenters. The van der Waals surface area contributed by atoms with Crippen molar-refractivity contribution in [2.24, 2.45) is 17.0 Å². The maximum Gasteiger partial charge on any atom is 0.142 e. The minimum Gasteiger partial charge on any atom is -0.391 e. The number of hydrogen-bond acceptors (Lipinski definition) is 3. The third-order valence-corrected chi connectivity index (χ3v) is 3.32. The Kier molecular flexibility index (Phi) is 4.78. The predicted molar refractivity (Wildman–Crippen MR) is 70.8 cm³/mol. The Hall–Kier alpha value is -1.82. The Bertz CT molecular complexity index is 422. The molecule has 1 aromatic rings. The smallest absolute Gasteiger partial charge is 0.142 e. The predicted octanol–water partition coefficient (Wildman–Crippen LogP) is 3.52. The fourth-order valence-corrected chi connectivity index (χ4v) is 2.30. The van der Waals surface area contributed by atoms with Gasteiger partial charge in [-0.05, 0) is 30.7 Å². The third kappa shape index (κ3) is 3.89. The highest BCUT2D eigenvalue weighted by atomic mass is 16.6. The first kappa shape index (κ1) is 12.6. The van der Waals surface area contributed by atoms with Crippen molar-refractivity contribution in [2.45, 2.75) is 32.3 Å². The van der Waals surface area contributed by atoms with Crippen molar-refractivity contribution < 1.29 is 4.84 Å². The number of oxime groups is 1. The van der Waals surface area contributed by atoms with Gasteiger partial charge in [-0.25, -0.2) is 0 Å². The van der Waals surface area contributed by atoms with Crippen molar-refractivity contribution in [1.29, 1.82) is 5.26 Å². The second-order valence-electron chi connectivity index (χ2n) is 4.77. The molecule has 1 aliphatic rings. The summed E-state index contributed by atoms with van der Waals surface area (Å²) in [4.78, 5) is 5.28. The lowest BCUT2D eigenvalue weighted by atomic mass is 9.83. The van der Waals surface area contributed by atoms with Crippen LogP contribution in [0.25, 0.3) is 0 Å². The minimum absolute atomic E-state index is 0.198. The van der Waals surface area contributed by atoms with E-state index >= 15 is 0 Å². The van der Waals surface area contributed by atoms with Crippen molar-refractivity contribution in [3.8, 4) is 6.07 Å². The summed E-state index contributed by atoms with van der Waals surface area (Å²) in [5, 5.41) is 12.9. The molecule has 0 heterocycles. The van der Waals surface area contributed by atoms with Crippen molar-refractivity contribution in [2.75, 3.05) is 0 Å². The first-order valence-electron chi connectivity index (χ1n) is 6.47. The second kappa shape index (κ2) is 6.80. The van der Waals surface area contributed by atoms with Crippen LogP contribution in [0, 0.1) is 23.2 Å². The number of rotatable bonds is 4. The molecule has 2 rings (SSSR count). The zero-order valence-electron chi connectivity index (χ0n) is 10.5. The molecule has 1 aliphatic carbocycles.